The number of terminal acetylenes is 1. The summed E-state index contributed by atoms with van der Waals surface area (Å²) in [6.07, 6.45) is -3.38. The fourth-order valence-electron chi connectivity index (χ4n) is 2.36. The third-order valence-electron chi connectivity index (χ3n) is 3.69. The molecule has 0 aliphatic heterocycles. The van der Waals surface area contributed by atoms with Crippen LogP contribution in [0.3, 0.4) is 0 Å². The molecule has 0 saturated carbocycles. The lowest BCUT2D eigenvalue weighted by Crippen LogP contribution is -2.32. The van der Waals surface area contributed by atoms with E-state index in [4.69, 9.17) is 6.42 Å². The van der Waals surface area contributed by atoms with Gasteiger partial charge in [-0.3, -0.25) is 9.69 Å². The van der Waals surface area contributed by atoms with Crippen LogP contribution in [0.1, 0.15) is 28.4 Å². The average molecular weight is 432 g/mol. The molecule has 2 aromatic rings. The Morgan fingerprint density at radius 3 is 2.21 bits per heavy atom. The highest BCUT2D eigenvalue weighted by molar-refractivity contribution is 7.99. The second kappa shape index (κ2) is 8.78. The third-order valence-corrected chi connectivity index (χ3v) is 4.62. The van der Waals surface area contributed by atoms with Crippen molar-refractivity contribution in [2.45, 2.75) is 24.2 Å². The van der Waals surface area contributed by atoms with Gasteiger partial charge in [0.1, 0.15) is 5.82 Å². The Kier molecular flexibility index (Phi) is 6.85. The number of nitrogens with zero attached hydrogens (tertiary/aromatic N) is 2. The van der Waals surface area contributed by atoms with Crippen LogP contribution in [-0.4, -0.2) is 23.2 Å². The number of halogens is 6. The highest BCUT2D eigenvalue weighted by atomic mass is 32.2. The molecule has 0 atom stereocenters. The summed E-state index contributed by atoms with van der Waals surface area (Å²) in [6.45, 7) is 1.38. The smallest absolute Gasteiger partial charge is 0.281 e. The standard InChI is InChI=1S/C19H14F6N2OS/c1-3-9-27(16-8-6-13(11-26-16)19(23,24)25)17(28)14-7-5-12(18(20,21)22)10-15(14)29-4-2/h1,5-8,10-11H,4,9H2,2H3. The molecule has 2 rings (SSSR count). The van der Waals surface area contributed by atoms with Gasteiger partial charge in [0.15, 0.2) is 0 Å². The summed E-state index contributed by atoms with van der Waals surface area (Å²) in [4.78, 5) is 17.6. The molecule has 0 saturated heterocycles. The lowest BCUT2D eigenvalue weighted by atomic mass is 10.1. The van der Waals surface area contributed by atoms with Crippen molar-refractivity contribution >= 4 is 23.5 Å². The van der Waals surface area contributed by atoms with Gasteiger partial charge in [0, 0.05) is 11.1 Å². The maximum Gasteiger partial charge on any atom is 0.417 e. The molecule has 29 heavy (non-hydrogen) atoms. The van der Waals surface area contributed by atoms with Crippen molar-refractivity contribution < 1.29 is 31.1 Å². The number of rotatable bonds is 5. The van der Waals surface area contributed by atoms with Crippen molar-refractivity contribution in [1.82, 2.24) is 4.98 Å². The van der Waals surface area contributed by atoms with Crippen LogP contribution in [0.25, 0.3) is 0 Å². The van der Waals surface area contributed by atoms with Crippen molar-refractivity contribution in [1.29, 1.82) is 0 Å². The number of hydrogen-bond donors (Lipinski definition) is 0. The molecule has 154 valence electrons. The maximum absolute atomic E-state index is 13.0. The van der Waals surface area contributed by atoms with Crippen LogP contribution in [0.5, 0.6) is 0 Å². The molecule has 0 fully saturated rings. The van der Waals surface area contributed by atoms with E-state index in [0.717, 1.165) is 47.0 Å². The first kappa shape index (κ1) is 22.6. The van der Waals surface area contributed by atoms with E-state index in [9.17, 15) is 31.1 Å². The number of alkyl halides is 6. The summed E-state index contributed by atoms with van der Waals surface area (Å²) in [6, 6.07) is 4.37. The number of anilines is 1. The fraction of sp³-hybridized carbons (Fsp3) is 0.263. The number of pyridine rings is 1. The number of benzene rings is 1. The minimum atomic E-state index is -4.61. The molecule has 1 amide bonds. The first-order chi connectivity index (χ1) is 13.5. The summed E-state index contributed by atoms with van der Waals surface area (Å²) >= 11 is 1.03. The van der Waals surface area contributed by atoms with Gasteiger partial charge in [-0.25, -0.2) is 4.98 Å². The predicted molar refractivity (Wildman–Crippen MR) is 97.6 cm³/mol. The van der Waals surface area contributed by atoms with Crippen LogP contribution in [0.4, 0.5) is 32.2 Å². The molecule has 0 aliphatic rings. The van der Waals surface area contributed by atoms with Crippen LogP contribution in [0.2, 0.25) is 0 Å². The monoisotopic (exact) mass is 432 g/mol. The van der Waals surface area contributed by atoms with E-state index in [1.54, 1.807) is 6.92 Å². The molecule has 1 heterocycles. The van der Waals surface area contributed by atoms with Crippen LogP contribution in [0.15, 0.2) is 41.4 Å². The lowest BCUT2D eigenvalue weighted by molar-refractivity contribution is -0.138. The molecule has 0 bridgehead atoms. The summed E-state index contributed by atoms with van der Waals surface area (Å²) < 4.78 is 77.1. The van der Waals surface area contributed by atoms with E-state index >= 15 is 0 Å². The fourth-order valence-corrected chi connectivity index (χ4v) is 3.19. The van der Waals surface area contributed by atoms with Gasteiger partial charge in [-0.2, -0.15) is 26.3 Å². The SMILES string of the molecule is C#CCN(C(=O)c1ccc(C(F)(F)F)cc1SCC)c1ccc(C(F)(F)F)cn1. The van der Waals surface area contributed by atoms with Crippen LogP contribution in [0, 0.1) is 12.3 Å². The number of carbonyl (C=O) groups excluding carboxylic acids is 1. The van der Waals surface area contributed by atoms with Gasteiger partial charge in [-0.05, 0) is 36.1 Å². The summed E-state index contributed by atoms with van der Waals surface area (Å²) in [5.41, 5.74) is -1.98. The summed E-state index contributed by atoms with van der Waals surface area (Å²) in [7, 11) is 0. The Morgan fingerprint density at radius 2 is 1.72 bits per heavy atom. The molecule has 1 aromatic carbocycles. The van der Waals surface area contributed by atoms with Gasteiger partial charge >= 0.3 is 12.4 Å². The van der Waals surface area contributed by atoms with E-state index in [2.05, 4.69) is 10.9 Å². The molecule has 3 nitrogen and oxygen atoms in total. The third kappa shape index (κ3) is 5.44. The van der Waals surface area contributed by atoms with Crippen molar-refractivity contribution in [3.8, 4) is 12.3 Å². The van der Waals surface area contributed by atoms with Crippen molar-refractivity contribution in [2.24, 2.45) is 0 Å². The van der Waals surface area contributed by atoms with E-state index in [0.29, 0.717) is 11.9 Å². The first-order valence-corrected chi connectivity index (χ1v) is 9.10. The molecular formula is C19H14F6N2OS. The Labute approximate surface area is 167 Å². The predicted octanol–water partition coefficient (Wildman–Crippen LogP) is 5.51. The normalized spacial score (nSPS) is 11.8. The first-order valence-electron chi connectivity index (χ1n) is 8.11. The van der Waals surface area contributed by atoms with Crippen LogP contribution < -0.4 is 4.90 Å². The molecule has 0 radical (unpaired) electrons. The van der Waals surface area contributed by atoms with Crippen LogP contribution in [-0.2, 0) is 12.4 Å². The zero-order valence-corrected chi connectivity index (χ0v) is 15.8. The molecule has 0 spiro atoms. The molecule has 0 N–H and O–H groups in total. The maximum atomic E-state index is 13.0. The second-order valence-electron chi connectivity index (χ2n) is 5.64. The minimum Gasteiger partial charge on any atom is -0.281 e. The number of aromatic nitrogens is 1. The van der Waals surface area contributed by atoms with Crippen molar-refractivity contribution in [3.63, 3.8) is 0 Å². The molecule has 0 unspecified atom stereocenters. The van der Waals surface area contributed by atoms with E-state index in [1.165, 1.54) is 0 Å². The zero-order chi connectivity index (χ0) is 21.8. The van der Waals surface area contributed by atoms with Gasteiger partial charge in [-0.1, -0.05) is 12.8 Å². The highest BCUT2D eigenvalue weighted by Crippen LogP contribution is 2.35. The Hall–Kier alpha value is -2.67. The number of thioether (sulfide) groups is 1. The average Bonchev–Trinajstić information content (AvgIpc) is 2.64. The van der Waals surface area contributed by atoms with Crippen molar-refractivity contribution in [2.75, 3.05) is 17.2 Å². The Morgan fingerprint density at radius 1 is 1.10 bits per heavy atom. The second-order valence-corrected chi connectivity index (χ2v) is 6.95. The van der Waals surface area contributed by atoms with Gasteiger partial charge in [-0.15, -0.1) is 18.2 Å². The van der Waals surface area contributed by atoms with Gasteiger partial charge < -0.3 is 0 Å². The highest BCUT2D eigenvalue weighted by Gasteiger charge is 2.33. The van der Waals surface area contributed by atoms with Gasteiger partial charge in [0.05, 0.1) is 23.2 Å². The summed E-state index contributed by atoms with van der Waals surface area (Å²) in [5, 5.41) is 0. The van der Waals surface area contributed by atoms with E-state index < -0.39 is 29.4 Å². The molecule has 1 aromatic heterocycles. The van der Waals surface area contributed by atoms with Crippen molar-refractivity contribution in [3.05, 3.63) is 53.2 Å². The number of carbonyl (C=O) groups is 1. The summed E-state index contributed by atoms with van der Waals surface area (Å²) in [5.74, 6) is 1.69. The van der Waals surface area contributed by atoms with Gasteiger partial charge in [0.25, 0.3) is 5.91 Å². The topological polar surface area (TPSA) is 33.2 Å². The number of amides is 1. The quantitative estimate of drug-likeness (QED) is 0.355. The minimum absolute atomic E-state index is 0.0539. The molecule has 10 heteroatoms. The Bertz CT molecular complexity index is 916. The Balaban J connectivity index is 2.47. The molecular weight excluding hydrogens is 418 g/mol. The lowest BCUT2D eigenvalue weighted by Gasteiger charge is -2.21. The van der Waals surface area contributed by atoms with Gasteiger partial charge in [0.2, 0.25) is 0 Å². The van der Waals surface area contributed by atoms with Crippen LogP contribution >= 0.6 is 11.8 Å². The number of hydrogen-bond acceptors (Lipinski definition) is 3. The largest absolute Gasteiger partial charge is 0.417 e. The molecule has 0 aliphatic carbocycles. The van der Waals surface area contributed by atoms with E-state index in [1.807, 2.05) is 0 Å². The zero-order valence-electron chi connectivity index (χ0n) is 14.9. The van der Waals surface area contributed by atoms with E-state index in [-0.39, 0.29) is 22.8 Å².